The summed E-state index contributed by atoms with van der Waals surface area (Å²) in [7, 11) is 3.34. The number of hydrogen-bond acceptors (Lipinski definition) is 2. The van der Waals surface area contributed by atoms with Gasteiger partial charge in [0.1, 0.15) is 0 Å². The molecule has 106 valence electrons. The Kier molecular flexibility index (Phi) is 3.74. The van der Waals surface area contributed by atoms with E-state index in [4.69, 9.17) is 0 Å². The smallest absolute Gasteiger partial charge is 0.336 e. The van der Waals surface area contributed by atoms with Crippen LogP contribution in [0.25, 0.3) is 0 Å². The molecule has 1 fully saturated rings. The molecule has 6 heteroatoms. The molecule has 0 saturated carbocycles. The molecule has 0 radical (unpaired) electrons. The van der Waals surface area contributed by atoms with Crippen molar-refractivity contribution in [2.24, 2.45) is 4.99 Å². The summed E-state index contributed by atoms with van der Waals surface area (Å²) in [6, 6.07) is 5.30. The number of guanidine groups is 1. The van der Waals surface area contributed by atoms with E-state index < -0.39 is 6.03 Å². The molecule has 20 heavy (non-hydrogen) atoms. The van der Waals surface area contributed by atoms with Crippen molar-refractivity contribution in [3.63, 3.8) is 0 Å². The molecule has 0 unspecified atom stereocenters. The molecule has 0 bridgehead atoms. The van der Waals surface area contributed by atoms with Gasteiger partial charge in [-0.15, -0.1) is 0 Å². The fourth-order valence-corrected chi connectivity index (χ4v) is 2.14. The average Bonchev–Trinajstić information content (AvgIpc) is 2.61. The molecule has 1 N–H and O–H groups in total. The zero-order valence-electron chi connectivity index (χ0n) is 12.1. The lowest BCUT2D eigenvalue weighted by atomic mass is 10.1. The van der Waals surface area contributed by atoms with Gasteiger partial charge < -0.3 is 10.2 Å². The summed E-state index contributed by atoms with van der Waals surface area (Å²) in [5, 5.41) is 2.77. The maximum atomic E-state index is 12.0. The summed E-state index contributed by atoms with van der Waals surface area (Å²) in [6.45, 7) is 4.09. The maximum absolute atomic E-state index is 12.0. The molecule has 1 aromatic rings. The molecular weight excluding hydrogens is 256 g/mol. The summed E-state index contributed by atoms with van der Waals surface area (Å²) < 4.78 is 0. The van der Waals surface area contributed by atoms with Crippen LogP contribution in [0.2, 0.25) is 0 Å². The Morgan fingerprint density at radius 2 is 1.85 bits per heavy atom. The van der Waals surface area contributed by atoms with Crippen molar-refractivity contribution < 1.29 is 9.59 Å². The lowest BCUT2D eigenvalue weighted by molar-refractivity contribution is -0.124. The summed E-state index contributed by atoms with van der Waals surface area (Å²) in [5.41, 5.74) is 2.71. The van der Waals surface area contributed by atoms with Crippen molar-refractivity contribution in [1.82, 2.24) is 9.80 Å². The van der Waals surface area contributed by atoms with E-state index in [0.717, 1.165) is 16.8 Å². The van der Waals surface area contributed by atoms with Crippen molar-refractivity contribution in [2.75, 3.05) is 26.0 Å². The van der Waals surface area contributed by atoms with Gasteiger partial charge in [0.25, 0.3) is 0 Å². The Morgan fingerprint density at radius 3 is 2.35 bits per heavy atom. The van der Waals surface area contributed by atoms with Crippen LogP contribution in [0.15, 0.2) is 23.2 Å². The molecule has 0 spiro atoms. The number of aryl methyl sites for hydroxylation is 2. The van der Waals surface area contributed by atoms with Gasteiger partial charge in [0, 0.05) is 19.8 Å². The molecule has 2 rings (SSSR count). The zero-order valence-corrected chi connectivity index (χ0v) is 12.1. The van der Waals surface area contributed by atoms with Crippen LogP contribution in [0.1, 0.15) is 11.1 Å². The van der Waals surface area contributed by atoms with Crippen LogP contribution in [-0.2, 0) is 4.79 Å². The predicted octanol–water partition coefficient (Wildman–Crippen LogP) is 1.60. The van der Waals surface area contributed by atoms with Gasteiger partial charge in [-0.05, 0) is 25.0 Å². The highest BCUT2D eigenvalue weighted by atomic mass is 16.2. The van der Waals surface area contributed by atoms with Gasteiger partial charge in [-0.2, -0.15) is 4.99 Å². The van der Waals surface area contributed by atoms with E-state index in [1.165, 1.54) is 4.90 Å². The van der Waals surface area contributed by atoms with Crippen LogP contribution >= 0.6 is 0 Å². The molecule has 0 aromatic heterocycles. The van der Waals surface area contributed by atoms with Crippen LogP contribution < -0.4 is 5.32 Å². The largest absolute Gasteiger partial charge is 0.348 e. The molecular formula is C14H18N4O2. The van der Waals surface area contributed by atoms with Gasteiger partial charge in [-0.25, -0.2) is 4.79 Å². The highest BCUT2D eigenvalue weighted by Gasteiger charge is 2.29. The lowest BCUT2D eigenvalue weighted by Crippen LogP contribution is -2.31. The quantitative estimate of drug-likeness (QED) is 0.846. The second-order valence-corrected chi connectivity index (χ2v) is 4.92. The van der Waals surface area contributed by atoms with E-state index >= 15 is 0 Å². The Morgan fingerprint density at radius 1 is 1.25 bits per heavy atom. The third-order valence-corrected chi connectivity index (χ3v) is 3.30. The van der Waals surface area contributed by atoms with E-state index in [0.29, 0.717) is 5.96 Å². The number of urea groups is 1. The van der Waals surface area contributed by atoms with Crippen molar-refractivity contribution >= 4 is 23.6 Å². The maximum Gasteiger partial charge on any atom is 0.348 e. The molecule has 1 aliphatic rings. The Hall–Kier alpha value is -2.37. The number of para-hydroxylation sites is 1. The number of carbonyl (C=O) groups is 2. The summed E-state index contributed by atoms with van der Waals surface area (Å²) in [5.74, 6) is 0.282. The minimum absolute atomic E-state index is 0.0777. The molecule has 1 aliphatic heterocycles. The lowest BCUT2D eigenvalue weighted by Gasteiger charge is -2.14. The summed E-state index contributed by atoms with van der Waals surface area (Å²) in [6.07, 6.45) is 0. The average molecular weight is 274 g/mol. The second kappa shape index (κ2) is 5.32. The number of carbonyl (C=O) groups excluding carboxylic acids is 2. The molecule has 1 heterocycles. The first-order chi connectivity index (χ1) is 9.40. The summed E-state index contributed by atoms with van der Waals surface area (Å²) in [4.78, 5) is 30.5. The number of rotatable bonds is 1. The van der Waals surface area contributed by atoms with E-state index in [2.05, 4.69) is 10.3 Å². The fourth-order valence-electron chi connectivity index (χ4n) is 2.14. The molecule has 3 amide bonds. The van der Waals surface area contributed by atoms with Crippen molar-refractivity contribution in [3.05, 3.63) is 29.3 Å². The normalized spacial score (nSPS) is 17.0. The number of nitrogens with zero attached hydrogens (tertiary/aromatic N) is 3. The molecule has 0 atom stereocenters. The van der Waals surface area contributed by atoms with Gasteiger partial charge in [0.05, 0.1) is 6.54 Å². The van der Waals surface area contributed by atoms with Crippen LogP contribution in [0.4, 0.5) is 10.5 Å². The standard InChI is InChI=1S/C14H18N4O2/c1-9-6-5-7-10(2)12(9)15-13(20)16-14-17(3)8-11(19)18(14)4/h5-7H,8H2,1-4H3,(H,15,20). The number of aliphatic imine (C=N–C) groups is 1. The molecule has 1 saturated heterocycles. The highest BCUT2D eigenvalue weighted by Crippen LogP contribution is 2.19. The van der Waals surface area contributed by atoms with E-state index in [1.807, 2.05) is 32.0 Å². The monoisotopic (exact) mass is 274 g/mol. The SMILES string of the molecule is Cc1cccc(C)c1NC(=O)N=C1N(C)CC(=O)N1C. The van der Waals surface area contributed by atoms with Crippen LogP contribution in [0.3, 0.4) is 0 Å². The Balaban J connectivity index is 2.19. The number of anilines is 1. The topological polar surface area (TPSA) is 65.0 Å². The van der Waals surface area contributed by atoms with Gasteiger partial charge in [-0.3, -0.25) is 9.69 Å². The van der Waals surface area contributed by atoms with Gasteiger partial charge in [0.2, 0.25) is 11.9 Å². The third kappa shape index (κ3) is 2.64. The minimum atomic E-state index is -0.481. The molecule has 0 aliphatic carbocycles. The summed E-state index contributed by atoms with van der Waals surface area (Å²) >= 11 is 0. The van der Waals surface area contributed by atoms with Crippen LogP contribution in [0, 0.1) is 13.8 Å². The van der Waals surface area contributed by atoms with Crippen molar-refractivity contribution in [2.45, 2.75) is 13.8 Å². The molecule has 1 aromatic carbocycles. The Labute approximate surface area is 118 Å². The third-order valence-electron chi connectivity index (χ3n) is 3.30. The molecule has 6 nitrogen and oxygen atoms in total. The van der Waals surface area contributed by atoms with Crippen LogP contribution in [0.5, 0.6) is 0 Å². The van der Waals surface area contributed by atoms with E-state index in [9.17, 15) is 9.59 Å². The predicted molar refractivity (Wildman–Crippen MR) is 77.8 cm³/mol. The minimum Gasteiger partial charge on any atom is -0.336 e. The Bertz CT molecular complexity index is 575. The first-order valence-corrected chi connectivity index (χ1v) is 6.33. The number of nitrogens with one attached hydrogen (secondary N) is 1. The first-order valence-electron chi connectivity index (χ1n) is 6.33. The van der Waals surface area contributed by atoms with Crippen LogP contribution in [-0.4, -0.2) is 48.3 Å². The number of benzene rings is 1. The highest BCUT2D eigenvalue weighted by molar-refractivity contribution is 6.09. The van der Waals surface area contributed by atoms with Gasteiger partial charge in [-0.1, -0.05) is 18.2 Å². The van der Waals surface area contributed by atoms with Gasteiger partial charge >= 0.3 is 6.03 Å². The fraction of sp³-hybridized carbons (Fsp3) is 0.357. The van der Waals surface area contributed by atoms with Crippen molar-refractivity contribution in [3.8, 4) is 0 Å². The zero-order chi connectivity index (χ0) is 14.9. The van der Waals surface area contributed by atoms with E-state index in [-0.39, 0.29) is 12.5 Å². The van der Waals surface area contributed by atoms with E-state index in [1.54, 1.807) is 19.0 Å². The second-order valence-electron chi connectivity index (χ2n) is 4.92. The number of likely N-dealkylation sites (N-methyl/N-ethyl adjacent to an activating group) is 2. The van der Waals surface area contributed by atoms with Crippen molar-refractivity contribution in [1.29, 1.82) is 0 Å². The number of hydrogen-bond donors (Lipinski definition) is 1. The van der Waals surface area contributed by atoms with Gasteiger partial charge in [0.15, 0.2) is 0 Å². The number of amides is 3. The first kappa shape index (κ1) is 14.0.